The molecule has 0 spiro atoms. The van der Waals surface area contributed by atoms with Gasteiger partial charge in [-0.15, -0.1) is 0 Å². The predicted molar refractivity (Wildman–Crippen MR) is 63.0 cm³/mol. The Morgan fingerprint density at radius 1 is 1.40 bits per heavy atom. The van der Waals surface area contributed by atoms with Crippen LogP contribution >= 0.6 is 11.8 Å². The highest BCUT2D eigenvalue weighted by molar-refractivity contribution is 7.98. The number of aromatic nitrogens is 3. The number of anilines is 1. The molecule has 0 aliphatic heterocycles. The summed E-state index contributed by atoms with van der Waals surface area (Å²) in [5, 5.41) is 7.22. The number of rotatable bonds is 5. The second-order valence-corrected chi connectivity index (χ2v) is 4.35. The summed E-state index contributed by atoms with van der Waals surface area (Å²) < 4.78 is 0. The average Bonchev–Trinajstić information content (AvgIpc) is 2.17. The van der Waals surface area contributed by atoms with Gasteiger partial charge in [-0.3, -0.25) is 5.32 Å². The SMILES string of the molecule is CCNC(C)(C)Nc1ncnc(SC)n1. The van der Waals surface area contributed by atoms with Crippen molar-refractivity contribution < 1.29 is 0 Å². The van der Waals surface area contributed by atoms with Crippen molar-refractivity contribution in [2.75, 3.05) is 18.1 Å². The van der Waals surface area contributed by atoms with Crippen LogP contribution in [0, 0.1) is 0 Å². The molecule has 84 valence electrons. The van der Waals surface area contributed by atoms with E-state index in [0.29, 0.717) is 5.95 Å². The lowest BCUT2D eigenvalue weighted by Gasteiger charge is -2.26. The first-order valence-corrected chi connectivity index (χ1v) is 6.06. The van der Waals surface area contributed by atoms with Crippen LogP contribution in [0.4, 0.5) is 5.95 Å². The van der Waals surface area contributed by atoms with Gasteiger partial charge in [0.2, 0.25) is 5.95 Å². The van der Waals surface area contributed by atoms with E-state index in [1.165, 1.54) is 18.1 Å². The van der Waals surface area contributed by atoms with Crippen LogP contribution in [0.3, 0.4) is 0 Å². The van der Waals surface area contributed by atoms with Crippen LogP contribution in [0.25, 0.3) is 0 Å². The zero-order chi connectivity index (χ0) is 11.3. The Hall–Kier alpha value is -0.880. The molecule has 5 nitrogen and oxygen atoms in total. The summed E-state index contributed by atoms with van der Waals surface area (Å²) in [6, 6.07) is 0. The normalized spacial score (nSPS) is 11.5. The topological polar surface area (TPSA) is 62.7 Å². The standard InChI is InChI=1S/C9H17N5S/c1-5-12-9(2,3)14-7-10-6-11-8(13-7)15-4/h6,12H,5H2,1-4H3,(H,10,11,13,14). The second kappa shape index (κ2) is 5.27. The van der Waals surface area contributed by atoms with Crippen LogP contribution in [-0.2, 0) is 0 Å². The lowest BCUT2D eigenvalue weighted by Crippen LogP contribution is -2.46. The second-order valence-electron chi connectivity index (χ2n) is 3.58. The van der Waals surface area contributed by atoms with E-state index in [1.54, 1.807) is 0 Å². The lowest BCUT2D eigenvalue weighted by molar-refractivity contribution is 0.449. The van der Waals surface area contributed by atoms with Gasteiger partial charge in [0.25, 0.3) is 0 Å². The Balaban J connectivity index is 2.71. The molecule has 0 saturated carbocycles. The zero-order valence-corrected chi connectivity index (χ0v) is 10.4. The monoisotopic (exact) mass is 227 g/mol. The van der Waals surface area contributed by atoms with E-state index in [0.717, 1.165) is 11.7 Å². The van der Waals surface area contributed by atoms with Crippen molar-refractivity contribution in [1.82, 2.24) is 20.3 Å². The number of hydrogen-bond donors (Lipinski definition) is 2. The van der Waals surface area contributed by atoms with E-state index in [9.17, 15) is 0 Å². The average molecular weight is 227 g/mol. The zero-order valence-electron chi connectivity index (χ0n) is 9.53. The van der Waals surface area contributed by atoms with E-state index >= 15 is 0 Å². The number of thioether (sulfide) groups is 1. The summed E-state index contributed by atoms with van der Waals surface area (Å²) in [5.74, 6) is 0.598. The van der Waals surface area contributed by atoms with Crippen molar-refractivity contribution in [2.24, 2.45) is 0 Å². The predicted octanol–water partition coefficient (Wildman–Crippen LogP) is 1.35. The molecule has 0 atom stereocenters. The van der Waals surface area contributed by atoms with E-state index in [1.807, 2.05) is 20.1 Å². The van der Waals surface area contributed by atoms with E-state index in [2.05, 4.69) is 32.5 Å². The first-order valence-electron chi connectivity index (χ1n) is 4.83. The smallest absolute Gasteiger partial charge is 0.228 e. The fraction of sp³-hybridized carbons (Fsp3) is 0.667. The van der Waals surface area contributed by atoms with Crippen molar-refractivity contribution in [1.29, 1.82) is 0 Å². The van der Waals surface area contributed by atoms with Crippen LogP contribution in [0.2, 0.25) is 0 Å². The summed E-state index contributed by atoms with van der Waals surface area (Å²) in [4.78, 5) is 12.3. The molecule has 0 bridgehead atoms. The van der Waals surface area contributed by atoms with Crippen molar-refractivity contribution >= 4 is 17.7 Å². The Morgan fingerprint density at radius 3 is 2.73 bits per heavy atom. The highest BCUT2D eigenvalue weighted by Crippen LogP contribution is 2.11. The number of hydrogen-bond acceptors (Lipinski definition) is 6. The Kier molecular flexibility index (Phi) is 4.28. The third-order valence-electron chi connectivity index (χ3n) is 1.78. The Bertz CT molecular complexity index is 315. The highest BCUT2D eigenvalue weighted by Gasteiger charge is 2.16. The molecule has 1 aromatic heterocycles. The highest BCUT2D eigenvalue weighted by atomic mass is 32.2. The van der Waals surface area contributed by atoms with Crippen molar-refractivity contribution in [2.45, 2.75) is 31.6 Å². The largest absolute Gasteiger partial charge is 0.337 e. The molecule has 6 heteroatoms. The molecule has 0 aromatic carbocycles. The van der Waals surface area contributed by atoms with E-state index in [4.69, 9.17) is 0 Å². The summed E-state index contributed by atoms with van der Waals surface area (Å²) in [6.07, 6.45) is 3.46. The molecule has 0 aliphatic rings. The molecule has 0 saturated heterocycles. The first-order chi connectivity index (χ1) is 7.07. The maximum absolute atomic E-state index is 4.25. The first kappa shape index (κ1) is 12.2. The maximum Gasteiger partial charge on any atom is 0.228 e. The number of nitrogens with zero attached hydrogens (tertiary/aromatic N) is 3. The molecule has 1 aromatic rings. The molecule has 2 N–H and O–H groups in total. The molecule has 0 aliphatic carbocycles. The van der Waals surface area contributed by atoms with Gasteiger partial charge in [0.1, 0.15) is 6.33 Å². The minimum atomic E-state index is -0.216. The quantitative estimate of drug-likeness (QED) is 0.585. The van der Waals surface area contributed by atoms with Crippen LogP contribution in [0.15, 0.2) is 11.5 Å². The summed E-state index contributed by atoms with van der Waals surface area (Å²) in [6.45, 7) is 7.03. The van der Waals surface area contributed by atoms with Crippen LogP contribution < -0.4 is 10.6 Å². The Morgan fingerprint density at radius 2 is 2.13 bits per heavy atom. The maximum atomic E-state index is 4.25. The minimum Gasteiger partial charge on any atom is -0.337 e. The molecule has 1 heterocycles. The van der Waals surface area contributed by atoms with Crippen LogP contribution in [0.5, 0.6) is 0 Å². The van der Waals surface area contributed by atoms with E-state index < -0.39 is 0 Å². The minimum absolute atomic E-state index is 0.216. The summed E-state index contributed by atoms with van der Waals surface area (Å²) in [7, 11) is 0. The number of nitrogens with one attached hydrogen (secondary N) is 2. The van der Waals surface area contributed by atoms with Crippen molar-refractivity contribution in [3.63, 3.8) is 0 Å². The summed E-state index contributed by atoms with van der Waals surface area (Å²) >= 11 is 1.50. The lowest BCUT2D eigenvalue weighted by atomic mass is 10.2. The fourth-order valence-corrected chi connectivity index (χ4v) is 1.54. The third-order valence-corrected chi connectivity index (χ3v) is 2.34. The molecular weight excluding hydrogens is 210 g/mol. The fourth-order valence-electron chi connectivity index (χ4n) is 1.21. The van der Waals surface area contributed by atoms with Gasteiger partial charge < -0.3 is 5.32 Å². The molecule has 0 unspecified atom stereocenters. The molecule has 15 heavy (non-hydrogen) atoms. The third kappa shape index (κ3) is 4.01. The molecule has 0 radical (unpaired) electrons. The summed E-state index contributed by atoms with van der Waals surface area (Å²) in [5.41, 5.74) is -0.216. The van der Waals surface area contributed by atoms with Gasteiger partial charge in [-0.25, -0.2) is 9.97 Å². The Labute approximate surface area is 94.5 Å². The van der Waals surface area contributed by atoms with Gasteiger partial charge in [-0.2, -0.15) is 4.98 Å². The van der Waals surface area contributed by atoms with E-state index in [-0.39, 0.29) is 5.66 Å². The molecular formula is C9H17N5S. The van der Waals surface area contributed by atoms with Gasteiger partial charge in [-0.1, -0.05) is 18.7 Å². The molecule has 1 rings (SSSR count). The van der Waals surface area contributed by atoms with Gasteiger partial charge in [0.05, 0.1) is 5.66 Å². The molecule has 0 fully saturated rings. The van der Waals surface area contributed by atoms with Crippen molar-refractivity contribution in [3.8, 4) is 0 Å². The van der Waals surface area contributed by atoms with Crippen molar-refractivity contribution in [3.05, 3.63) is 6.33 Å². The van der Waals surface area contributed by atoms with Gasteiger partial charge in [0, 0.05) is 0 Å². The van der Waals surface area contributed by atoms with Gasteiger partial charge in [-0.05, 0) is 26.6 Å². The van der Waals surface area contributed by atoms with Crippen LogP contribution in [-0.4, -0.2) is 33.4 Å². The van der Waals surface area contributed by atoms with Gasteiger partial charge >= 0.3 is 0 Å². The molecule has 0 amide bonds. The van der Waals surface area contributed by atoms with Crippen LogP contribution in [0.1, 0.15) is 20.8 Å². The van der Waals surface area contributed by atoms with Gasteiger partial charge in [0.15, 0.2) is 5.16 Å².